The molecule has 12 nitrogen and oxygen atoms in total. The fourth-order valence-corrected chi connectivity index (χ4v) is 6.96. The minimum absolute atomic E-state index is 0.158. The molecule has 0 radical (unpaired) electrons. The van der Waals surface area contributed by atoms with Crippen molar-refractivity contribution in [1.82, 2.24) is 4.90 Å². The highest BCUT2D eigenvalue weighted by atomic mass is 17.2. The lowest BCUT2D eigenvalue weighted by Gasteiger charge is -2.45. The number of fused-ring (bicyclic) bond motifs is 3. The summed E-state index contributed by atoms with van der Waals surface area (Å²) in [4.78, 5) is 30.1. The van der Waals surface area contributed by atoms with Gasteiger partial charge < -0.3 is 39.6 Å². The molecule has 3 aliphatic heterocycles. The number of hydrogen-bond donors (Lipinski definition) is 5. The van der Waals surface area contributed by atoms with Crippen LogP contribution in [0.15, 0.2) is 57.0 Å². The second-order valence-corrected chi connectivity index (χ2v) is 12.5. The van der Waals surface area contributed by atoms with Crippen LogP contribution in [0, 0.1) is 12.8 Å². The largest absolute Gasteiger partial charge is 0.484 e. The Balaban J connectivity index is 1.21. The Morgan fingerprint density at radius 3 is 2.73 bits per heavy atom. The van der Waals surface area contributed by atoms with Crippen molar-refractivity contribution >= 4 is 16.7 Å². The smallest absolute Gasteiger partial charge is 0.192 e. The topological polar surface area (TPSA) is 175 Å². The van der Waals surface area contributed by atoms with Gasteiger partial charge in [-0.3, -0.25) is 9.79 Å². The standard InChI is InChI=1S/C32H40N2O10/c1-18-11-24(36)21-12-19-13-29(31(2,20-5-3-4-6-20)43-26(19)14-27(21)42-18)44-41-16-28(38)32(40,30(39)25(37)15-35)17-34-10-8-22-23(34)7-9-33-22/h7-12,14,20,23,25,28-30,35,37-40H,3-6,13,15-17H2,1-2H3/t23?,25-,28+,29-,30-,31-,32-/m1/s1. The minimum Gasteiger partial charge on any atom is -0.484 e. The molecular weight excluding hydrogens is 572 g/mol. The first-order valence-electron chi connectivity index (χ1n) is 15.1. The maximum atomic E-state index is 12.7. The van der Waals surface area contributed by atoms with Gasteiger partial charge in [-0.1, -0.05) is 12.8 Å². The second-order valence-electron chi connectivity index (χ2n) is 12.5. The van der Waals surface area contributed by atoms with E-state index in [4.69, 9.17) is 18.9 Å². The summed E-state index contributed by atoms with van der Waals surface area (Å²) in [5.41, 5.74) is -1.35. The fraction of sp³-hybridized carbons (Fsp3) is 0.562. The predicted molar refractivity (Wildman–Crippen MR) is 159 cm³/mol. The first-order chi connectivity index (χ1) is 21.0. The van der Waals surface area contributed by atoms with Crippen LogP contribution in [-0.4, -0.2) is 97.6 Å². The van der Waals surface area contributed by atoms with Gasteiger partial charge in [-0.25, -0.2) is 9.78 Å². The number of ether oxygens (including phenoxy) is 1. The van der Waals surface area contributed by atoms with Crippen molar-refractivity contribution in [3.05, 3.63) is 64.3 Å². The van der Waals surface area contributed by atoms with Crippen LogP contribution in [0.4, 0.5) is 0 Å². The average Bonchev–Trinajstić information content (AvgIpc) is 3.77. The normalized spacial score (nSPS) is 28.0. The molecule has 5 N–H and O–H groups in total. The van der Waals surface area contributed by atoms with E-state index in [9.17, 15) is 30.3 Å². The van der Waals surface area contributed by atoms with Crippen molar-refractivity contribution in [3.8, 4) is 5.75 Å². The Hall–Kier alpha value is -3.10. The number of aryl methyl sites for hydroxylation is 1. The van der Waals surface area contributed by atoms with E-state index in [1.165, 1.54) is 6.07 Å². The highest BCUT2D eigenvalue weighted by Gasteiger charge is 2.51. The molecule has 7 atom stereocenters. The van der Waals surface area contributed by atoms with E-state index in [-0.39, 0.29) is 23.9 Å². The van der Waals surface area contributed by atoms with Crippen LogP contribution < -0.4 is 10.2 Å². The van der Waals surface area contributed by atoms with Gasteiger partial charge in [-0.15, -0.1) is 0 Å². The van der Waals surface area contributed by atoms with Crippen LogP contribution in [0.3, 0.4) is 0 Å². The van der Waals surface area contributed by atoms with Crippen molar-refractivity contribution in [1.29, 1.82) is 0 Å². The van der Waals surface area contributed by atoms with E-state index in [1.807, 2.05) is 6.92 Å². The number of aliphatic hydroxyl groups is 5. The molecule has 4 heterocycles. The molecule has 1 saturated carbocycles. The number of aliphatic imine (C=N–C) groups is 1. The van der Waals surface area contributed by atoms with Gasteiger partial charge in [0.05, 0.1) is 30.3 Å². The molecule has 1 aromatic carbocycles. The van der Waals surface area contributed by atoms with E-state index in [2.05, 4.69) is 4.99 Å². The molecule has 1 aliphatic carbocycles. The van der Waals surface area contributed by atoms with Gasteiger partial charge in [-0.2, -0.15) is 0 Å². The molecule has 44 heavy (non-hydrogen) atoms. The van der Waals surface area contributed by atoms with Crippen LogP contribution >= 0.6 is 0 Å². The van der Waals surface area contributed by atoms with Gasteiger partial charge in [-0.05, 0) is 50.5 Å². The molecule has 0 amide bonds. The minimum atomic E-state index is -2.32. The summed E-state index contributed by atoms with van der Waals surface area (Å²) in [7, 11) is 0. The molecule has 2 aromatic rings. The third-order valence-corrected chi connectivity index (χ3v) is 9.65. The van der Waals surface area contributed by atoms with Crippen LogP contribution in [0.2, 0.25) is 0 Å². The summed E-state index contributed by atoms with van der Waals surface area (Å²) in [6.07, 6.45) is 5.20. The molecule has 0 saturated heterocycles. The molecule has 12 heteroatoms. The highest BCUT2D eigenvalue weighted by molar-refractivity contribution is 6.04. The quantitative estimate of drug-likeness (QED) is 0.183. The van der Waals surface area contributed by atoms with Gasteiger partial charge in [0, 0.05) is 36.9 Å². The van der Waals surface area contributed by atoms with E-state index >= 15 is 0 Å². The molecular formula is C32H40N2O10. The van der Waals surface area contributed by atoms with Crippen molar-refractivity contribution < 1.29 is 44.5 Å². The van der Waals surface area contributed by atoms with Crippen molar-refractivity contribution in [2.24, 2.45) is 10.9 Å². The number of aliphatic hydroxyl groups excluding tert-OH is 4. The summed E-state index contributed by atoms with van der Waals surface area (Å²) < 4.78 is 12.4. The zero-order chi connectivity index (χ0) is 31.2. The molecule has 1 unspecified atom stereocenters. The van der Waals surface area contributed by atoms with Crippen LogP contribution in [-0.2, 0) is 16.2 Å². The lowest BCUT2D eigenvalue weighted by Crippen LogP contribution is -2.64. The van der Waals surface area contributed by atoms with Gasteiger partial charge >= 0.3 is 0 Å². The lowest BCUT2D eigenvalue weighted by atomic mass is 9.78. The predicted octanol–water partition coefficient (Wildman–Crippen LogP) is 1.27. The van der Waals surface area contributed by atoms with Crippen molar-refractivity contribution in [3.63, 3.8) is 0 Å². The van der Waals surface area contributed by atoms with Crippen molar-refractivity contribution in [2.75, 3.05) is 19.8 Å². The summed E-state index contributed by atoms with van der Waals surface area (Å²) >= 11 is 0. The zero-order valence-corrected chi connectivity index (χ0v) is 24.8. The maximum Gasteiger partial charge on any atom is 0.192 e. The second kappa shape index (κ2) is 12.0. The monoisotopic (exact) mass is 612 g/mol. The van der Waals surface area contributed by atoms with E-state index < -0.39 is 48.8 Å². The summed E-state index contributed by atoms with van der Waals surface area (Å²) in [5.74, 6) is 1.28. The number of rotatable bonds is 11. The number of nitrogens with zero attached hydrogens (tertiary/aromatic N) is 2. The van der Waals surface area contributed by atoms with Crippen LogP contribution in [0.25, 0.3) is 11.0 Å². The van der Waals surface area contributed by atoms with Gasteiger partial charge in [0.2, 0.25) is 0 Å². The van der Waals surface area contributed by atoms with E-state index in [1.54, 1.807) is 48.5 Å². The first-order valence-corrected chi connectivity index (χ1v) is 15.1. The number of hydrogen-bond acceptors (Lipinski definition) is 12. The molecule has 4 aliphatic rings. The van der Waals surface area contributed by atoms with E-state index in [0.717, 1.165) is 37.0 Å². The van der Waals surface area contributed by atoms with Crippen molar-refractivity contribution in [2.45, 2.75) is 87.6 Å². The van der Waals surface area contributed by atoms with Gasteiger partial charge in [0.25, 0.3) is 0 Å². The Morgan fingerprint density at radius 2 is 1.98 bits per heavy atom. The highest BCUT2D eigenvalue weighted by Crippen LogP contribution is 2.46. The van der Waals surface area contributed by atoms with E-state index in [0.29, 0.717) is 28.9 Å². The average molecular weight is 613 g/mol. The number of benzene rings is 1. The van der Waals surface area contributed by atoms with Gasteiger partial charge in [0.15, 0.2) is 5.43 Å². The summed E-state index contributed by atoms with van der Waals surface area (Å²) in [5, 5.41) is 53.8. The van der Waals surface area contributed by atoms with Crippen LogP contribution in [0.5, 0.6) is 5.75 Å². The van der Waals surface area contributed by atoms with Gasteiger partial charge in [0.1, 0.15) is 59.3 Å². The third kappa shape index (κ3) is 5.49. The molecule has 1 fully saturated rings. The Morgan fingerprint density at radius 1 is 1.20 bits per heavy atom. The Bertz CT molecular complexity index is 1530. The SMILES string of the molecule is Cc1cc(=O)c2cc3c(cc2o1)O[C@](C)(C1CCCC1)[C@H](OOC[C@H](O)[C@](O)(CN1C=CC2=NC=CC21)[C@H](O)[C@H](O)CO)C3. The molecule has 238 valence electrons. The first kappa shape index (κ1) is 30.9. The fourth-order valence-electron chi connectivity index (χ4n) is 6.96. The third-order valence-electron chi connectivity index (χ3n) is 9.65. The molecule has 6 rings (SSSR count). The summed E-state index contributed by atoms with van der Waals surface area (Å²) in [6.45, 7) is 2.01. The lowest BCUT2D eigenvalue weighted by molar-refractivity contribution is -0.368. The Kier molecular flexibility index (Phi) is 8.44. The Labute approximate surface area is 254 Å². The molecule has 1 aromatic heterocycles. The molecule has 0 bridgehead atoms. The number of β-amino-alcohol motifs (C(OH)–C–C–N with tert-alkyl or cyclic N) is 1. The summed E-state index contributed by atoms with van der Waals surface area (Å²) in [6, 6.07) is 4.65. The maximum absolute atomic E-state index is 12.7. The zero-order valence-electron chi connectivity index (χ0n) is 24.8. The van der Waals surface area contributed by atoms with Crippen LogP contribution in [0.1, 0.15) is 43.9 Å². The molecule has 0 spiro atoms.